The normalized spacial score (nSPS) is 17.2. The predicted molar refractivity (Wildman–Crippen MR) is 125 cm³/mol. The summed E-state index contributed by atoms with van der Waals surface area (Å²) in [4.78, 5) is 28.9. The maximum Gasteiger partial charge on any atom is 0.289 e. The van der Waals surface area contributed by atoms with Gasteiger partial charge in [0.05, 0.1) is 5.75 Å². The summed E-state index contributed by atoms with van der Waals surface area (Å²) in [7, 11) is 0. The molecule has 0 bridgehead atoms. The van der Waals surface area contributed by atoms with E-state index in [-0.39, 0.29) is 11.8 Å². The van der Waals surface area contributed by atoms with Crippen LogP contribution in [0.25, 0.3) is 11.0 Å². The Bertz CT molecular complexity index is 1070. The molecule has 1 aromatic carbocycles. The first kappa shape index (κ1) is 21.3. The second-order valence-corrected chi connectivity index (χ2v) is 10.3. The van der Waals surface area contributed by atoms with E-state index in [2.05, 4.69) is 20.4 Å². The number of rotatable bonds is 6. The molecule has 1 saturated heterocycles. The quantitative estimate of drug-likeness (QED) is 0.551. The summed E-state index contributed by atoms with van der Waals surface area (Å²) >= 11 is 2.93. The average molecular weight is 472 g/mol. The fourth-order valence-corrected chi connectivity index (χ4v) is 5.90. The molecule has 2 amide bonds. The van der Waals surface area contributed by atoms with E-state index in [9.17, 15) is 9.59 Å². The van der Waals surface area contributed by atoms with Crippen molar-refractivity contribution in [2.24, 2.45) is 0 Å². The van der Waals surface area contributed by atoms with Crippen molar-refractivity contribution in [2.75, 3.05) is 36.8 Å². The number of anilines is 1. The third-order valence-corrected chi connectivity index (χ3v) is 8.03. The number of thioether (sulfide) groups is 1. The Labute approximate surface area is 194 Å². The van der Waals surface area contributed by atoms with Crippen LogP contribution in [0.15, 0.2) is 39.1 Å². The number of para-hydroxylation sites is 1. The van der Waals surface area contributed by atoms with Gasteiger partial charge in [-0.05, 0) is 25.0 Å². The molecule has 32 heavy (non-hydrogen) atoms. The number of nitrogens with one attached hydrogen (secondary N) is 1. The maximum atomic E-state index is 12.8. The molecule has 2 aliphatic rings. The highest BCUT2D eigenvalue weighted by Gasteiger charge is 2.26. The highest BCUT2D eigenvalue weighted by molar-refractivity contribution is 8.01. The molecule has 1 aliphatic carbocycles. The number of fused-ring (bicyclic) bond motifs is 1. The van der Waals surface area contributed by atoms with E-state index >= 15 is 0 Å². The summed E-state index contributed by atoms with van der Waals surface area (Å²) in [6.07, 6.45) is 4.58. The van der Waals surface area contributed by atoms with Gasteiger partial charge in [-0.25, -0.2) is 0 Å². The van der Waals surface area contributed by atoms with Crippen LogP contribution in [-0.4, -0.2) is 64.9 Å². The predicted octanol–water partition coefficient (Wildman–Crippen LogP) is 3.40. The van der Waals surface area contributed by atoms with Crippen LogP contribution in [0.1, 0.15) is 36.2 Å². The lowest BCUT2D eigenvalue weighted by Crippen LogP contribution is -2.48. The lowest BCUT2D eigenvalue weighted by Gasteiger charge is -2.33. The number of piperazine rings is 1. The van der Waals surface area contributed by atoms with Gasteiger partial charge in [0, 0.05) is 37.6 Å². The van der Waals surface area contributed by atoms with Gasteiger partial charge in [0.2, 0.25) is 11.0 Å². The van der Waals surface area contributed by atoms with Crippen molar-refractivity contribution in [3.63, 3.8) is 0 Å². The number of nitrogens with zero attached hydrogens (tertiary/aromatic N) is 4. The minimum atomic E-state index is -0.0809. The van der Waals surface area contributed by atoms with Crippen LogP contribution in [0, 0.1) is 0 Å². The molecule has 0 radical (unpaired) electrons. The topological polar surface area (TPSA) is 91.6 Å². The number of aromatic nitrogens is 2. The van der Waals surface area contributed by atoms with Crippen molar-refractivity contribution in [1.82, 2.24) is 20.4 Å². The van der Waals surface area contributed by atoms with Crippen molar-refractivity contribution in [1.29, 1.82) is 0 Å². The summed E-state index contributed by atoms with van der Waals surface area (Å²) < 4.78 is 6.52. The van der Waals surface area contributed by atoms with Gasteiger partial charge in [0.1, 0.15) is 5.58 Å². The molecular weight excluding hydrogens is 446 g/mol. The summed E-state index contributed by atoms with van der Waals surface area (Å²) in [5.41, 5.74) is 0.727. The molecule has 1 saturated carbocycles. The molecule has 5 rings (SSSR count). The van der Waals surface area contributed by atoms with Crippen LogP contribution in [0.2, 0.25) is 0 Å². The van der Waals surface area contributed by atoms with Crippen LogP contribution in [0.3, 0.4) is 0 Å². The van der Waals surface area contributed by atoms with E-state index < -0.39 is 0 Å². The lowest BCUT2D eigenvalue weighted by atomic mass is 10.2. The van der Waals surface area contributed by atoms with Gasteiger partial charge >= 0.3 is 0 Å². The van der Waals surface area contributed by atoms with Crippen LogP contribution in [0.5, 0.6) is 0 Å². The summed E-state index contributed by atoms with van der Waals surface area (Å²) in [6.45, 7) is 2.57. The smallest absolute Gasteiger partial charge is 0.289 e. The zero-order chi connectivity index (χ0) is 21.9. The largest absolute Gasteiger partial charge is 0.451 e. The van der Waals surface area contributed by atoms with Crippen molar-refractivity contribution in [2.45, 2.75) is 36.1 Å². The molecule has 0 atom stereocenters. The lowest BCUT2D eigenvalue weighted by molar-refractivity contribution is -0.119. The van der Waals surface area contributed by atoms with Crippen LogP contribution < -0.4 is 10.2 Å². The van der Waals surface area contributed by atoms with Gasteiger partial charge in [0.15, 0.2) is 10.1 Å². The van der Waals surface area contributed by atoms with Gasteiger partial charge in [0.25, 0.3) is 5.91 Å². The molecule has 0 spiro atoms. The van der Waals surface area contributed by atoms with Crippen molar-refractivity contribution in [3.05, 3.63) is 36.1 Å². The molecule has 2 fully saturated rings. The minimum Gasteiger partial charge on any atom is -0.451 e. The first-order chi connectivity index (χ1) is 15.7. The second-order valence-electron chi connectivity index (χ2n) is 8.12. The number of furan rings is 1. The average Bonchev–Trinajstić information content (AvgIpc) is 3.58. The fourth-order valence-electron chi connectivity index (χ4n) is 4.20. The molecule has 10 heteroatoms. The molecule has 0 unspecified atom stereocenters. The maximum absolute atomic E-state index is 12.8. The molecule has 2 aromatic heterocycles. The zero-order valence-electron chi connectivity index (χ0n) is 17.7. The Balaban J connectivity index is 1.11. The summed E-state index contributed by atoms with van der Waals surface area (Å²) in [6, 6.07) is 9.79. The first-order valence-electron chi connectivity index (χ1n) is 10.9. The first-order valence-corrected chi connectivity index (χ1v) is 12.7. The van der Waals surface area contributed by atoms with Crippen LogP contribution >= 0.6 is 23.1 Å². The third-order valence-electron chi connectivity index (χ3n) is 5.92. The van der Waals surface area contributed by atoms with Crippen molar-refractivity contribution < 1.29 is 14.0 Å². The highest BCUT2D eigenvalue weighted by atomic mass is 32.2. The monoisotopic (exact) mass is 471 g/mol. The fraction of sp³-hybridized carbons (Fsp3) is 0.455. The Morgan fingerprint density at radius 2 is 1.91 bits per heavy atom. The molecule has 168 valence electrons. The number of hydrogen-bond donors (Lipinski definition) is 1. The Morgan fingerprint density at radius 3 is 2.69 bits per heavy atom. The van der Waals surface area contributed by atoms with Crippen LogP contribution in [0.4, 0.5) is 5.13 Å². The van der Waals surface area contributed by atoms with Gasteiger partial charge in [-0.3, -0.25) is 9.59 Å². The Morgan fingerprint density at radius 1 is 1.12 bits per heavy atom. The van der Waals surface area contributed by atoms with Crippen molar-refractivity contribution >= 4 is 51.0 Å². The number of amides is 2. The Kier molecular flexibility index (Phi) is 6.31. The summed E-state index contributed by atoms with van der Waals surface area (Å²) in [5, 5.41) is 13.4. The molecule has 3 aromatic rings. The number of carbonyl (C=O) groups is 2. The van der Waals surface area contributed by atoms with E-state index in [1.54, 1.807) is 6.07 Å². The minimum absolute atomic E-state index is 0.0661. The van der Waals surface area contributed by atoms with Gasteiger partial charge in [-0.2, -0.15) is 0 Å². The van der Waals surface area contributed by atoms with Crippen molar-refractivity contribution in [3.8, 4) is 0 Å². The molecule has 3 heterocycles. The zero-order valence-corrected chi connectivity index (χ0v) is 19.3. The second kappa shape index (κ2) is 9.50. The molecule has 8 nitrogen and oxygen atoms in total. The van der Waals surface area contributed by atoms with E-state index in [0.717, 1.165) is 33.3 Å². The molecule has 1 aliphatic heterocycles. The van der Waals surface area contributed by atoms with E-state index in [1.165, 1.54) is 35.9 Å². The summed E-state index contributed by atoms with van der Waals surface area (Å²) in [5.74, 6) is 0.731. The number of benzene rings is 1. The van der Waals surface area contributed by atoms with Gasteiger partial charge in [-0.15, -0.1) is 10.2 Å². The van der Waals surface area contributed by atoms with Gasteiger partial charge in [-0.1, -0.05) is 54.1 Å². The molecule has 1 N–H and O–H groups in total. The third kappa shape index (κ3) is 4.75. The van der Waals surface area contributed by atoms with Crippen LogP contribution in [-0.2, 0) is 4.79 Å². The highest BCUT2D eigenvalue weighted by Crippen LogP contribution is 2.29. The number of carbonyl (C=O) groups excluding carboxylic acids is 2. The Hall–Kier alpha value is -2.59. The van der Waals surface area contributed by atoms with E-state index in [0.29, 0.717) is 43.7 Å². The standard InChI is InChI=1S/C22H25N5O3S2/c28-19(23-16-6-2-3-7-16)14-31-22-25-24-21(32-22)27-11-9-26(10-12-27)20(29)18-13-15-5-1-4-8-17(15)30-18/h1,4-5,8,13,16H,2-3,6-7,9-12,14H2,(H,23,28). The van der Waals surface area contributed by atoms with Gasteiger partial charge < -0.3 is 19.5 Å². The number of hydrogen-bond acceptors (Lipinski definition) is 8. The van der Waals surface area contributed by atoms with E-state index in [1.807, 2.05) is 29.2 Å². The molecular formula is C22H25N5O3S2. The van der Waals surface area contributed by atoms with E-state index in [4.69, 9.17) is 4.42 Å². The SMILES string of the molecule is O=C(CSc1nnc(N2CCN(C(=O)c3cc4ccccc4o3)CC2)s1)NC1CCCC1.